The summed E-state index contributed by atoms with van der Waals surface area (Å²) in [4.78, 5) is 11.1. The minimum absolute atomic E-state index is 0.0860. The molecule has 0 radical (unpaired) electrons. The van der Waals surface area contributed by atoms with Gasteiger partial charge in [-0.1, -0.05) is 187 Å². The molecule has 2 nitrogen and oxygen atoms in total. The van der Waals surface area contributed by atoms with Crippen molar-refractivity contribution in [1.82, 2.24) is 0 Å². The Hall–Kier alpha value is -0.790. The minimum Gasteiger partial charge on any atom is -0.413 e. The molecule has 0 aromatic rings. The first-order valence-electron chi connectivity index (χ1n) is 17.2. The number of hydrogen-bond donors (Lipinski definition) is 0. The first-order chi connectivity index (χ1) is 18.3. The van der Waals surface area contributed by atoms with Crippen molar-refractivity contribution in [3.63, 3.8) is 0 Å². The molecular formula is C35H66O2. The number of rotatable bonds is 30. The number of allylic oxidation sites excluding steroid dienone is 1. The molecule has 1 saturated heterocycles. The second kappa shape index (κ2) is 26.8. The zero-order chi connectivity index (χ0) is 26.7. The second-order valence-electron chi connectivity index (χ2n) is 12.0. The van der Waals surface area contributed by atoms with Crippen LogP contribution in [0.5, 0.6) is 0 Å². The van der Waals surface area contributed by atoms with Crippen molar-refractivity contribution >= 4 is 5.97 Å². The molecule has 1 fully saturated rings. The van der Waals surface area contributed by atoms with E-state index in [2.05, 4.69) is 13.8 Å². The largest absolute Gasteiger partial charge is 0.413 e. The smallest absolute Gasteiger partial charge is 0.379 e. The van der Waals surface area contributed by atoms with E-state index >= 15 is 0 Å². The Balaban J connectivity index is 1.65. The normalized spacial score (nSPS) is 14.3. The van der Waals surface area contributed by atoms with Crippen molar-refractivity contribution < 1.29 is 9.53 Å². The molecule has 218 valence electrons. The third-order valence-electron chi connectivity index (χ3n) is 8.42. The molecule has 0 aromatic carbocycles. The Labute approximate surface area is 233 Å². The topological polar surface area (TPSA) is 29.6 Å². The van der Waals surface area contributed by atoms with Crippen LogP contribution in [0.15, 0.2) is 11.3 Å². The molecule has 0 N–H and O–H groups in total. The van der Waals surface area contributed by atoms with Crippen LogP contribution < -0.4 is 0 Å². The predicted octanol–water partition coefficient (Wildman–Crippen LogP) is 12.5. The Morgan fingerprint density at radius 1 is 0.432 bits per heavy atom. The van der Waals surface area contributed by atoms with Crippen LogP contribution in [0, 0.1) is 0 Å². The summed E-state index contributed by atoms with van der Waals surface area (Å²) in [5.74, 6) is 0.588. The number of epoxide rings is 1. The van der Waals surface area contributed by atoms with Crippen LogP contribution in [-0.2, 0) is 9.53 Å². The lowest BCUT2D eigenvalue weighted by molar-refractivity contribution is -0.117. The van der Waals surface area contributed by atoms with Crippen LogP contribution in [0.25, 0.3) is 0 Å². The minimum atomic E-state index is -0.0860. The van der Waals surface area contributed by atoms with E-state index in [0.717, 1.165) is 12.8 Å². The first-order valence-corrected chi connectivity index (χ1v) is 17.2. The monoisotopic (exact) mass is 519 g/mol. The van der Waals surface area contributed by atoms with Crippen molar-refractivity contribution in [2.24, 2.45) is 0 Å². The molecule has 1 heterocycles. The second-order valence-corrected chi connectivity index (χ2v) is 12.0. The van der Waals surface area contributed by atoms with E-state index in [1.807, 2.05) is 0 Å². The van der Waals surface area contributed by atoms with Gasteiger partial charge < -0.3 is 4.74 Å². The third-order valence-corrected chi connectivity index (χ3v) is 8.42. The zero-order valence-electron chi connectivity index (χ0n) is 25.5. The average Bonchev–Trinajstić information content (AvgIpc) is 3.63. The van der Waals surface area contributed by atoms with Crippen molar-refractivity contribution in [2.75, 3.05) is 0 Å². The van der Waals surface area contributed by atoms with E-state index in [-0.39, 0.29) is 5.97 Å². The lowest BCUT2D eigenvalue weighted by atomic mass is 10.0. The number of carbonyl (C=O) groups excluding carboxylic acids is 1. The maximum atomic E-state index is 11.1. The molecule has 0 aromatic heterocycles. The fourth-order valence-corrected chi connectivity index (χ4v) is 5.74. The van der Waals surface area contributed by atoms with Gasteiger partial charge in [0.05, 0.1) is 0 Å². The standard InChI is InChI=1S/C35H66O2/c1-3-5-6-7-8-9-10-11-12-13-14-15-16-17-18-19-20-21-22-23-24-25-26-27-28-29-30-31-32-33(4-2)34-35(36)37-34/h3-32H2,1-2H3. The molecule has 1 rings (SSSR count). The summed E-state index contributed by atoms with van der Waals surface area (Å²) in [5.41, 5.74) is 1.24. The maximum Gasteiger partial charge on any atom is 0.379 e. The fraction of sp³-hybridized carbons (Fsp3) is 0.914. The Bertz CT molecular complexity index is 535. The van der Waals surface area contributed by atoms with E-state index < -0.39 is 0 Å². The van der Waals surface area contributed by atoms with Crippen LogP contribution in [0.4, 0.5) is 0 Å². The van der Waals surface area contributed by atoms with Gasteiger partial charge >= 0.3 is 5.97 Å². The molecule has 1 aliphatic heterocycles. The van der Waals surface area contributed by atoms with Crippen molar-refractivity contribution in [3.05, 3.63) is 11.3 Å². The van der Waals surface area contributed by atoms with Crippen molar-refractivity contribution in [1.29, 1.82) is 0 Å². The zero-order valence-corrected chi connectivity index (χ0v) is 25.5. The number of hydrogen-bond acceptors (Lipinski definition) is 2. The maximum absolute atomic E-state index is 11.1. The number of cyclic esters (lactones) is 1. The molecule has 0 saturated carbocycles. The van der Waals surface area contributed by atoms with Gasteiger partial charge in [0.1, 0.15) is 0 Å². The highest BCUT2D eigenvalue weighted by atomic mass is 16.6. The summed E-state index contributed by atoms with van der Waals surface area (Å²) >= 11 is 0. The first kappa shape index (κ1) is 34.2. The van der Waals surface area contributed by atoms with Gasteiger partial charge in [-0.3, -0.25) is 0 Å². The van der Waals surface area contributed by atoms with Crippen molar-refractivity contribution in [3.8, 4) is 0 Å². The summed E-state index contributed by atoms with van der Waals surface area (Å²) in [7, 11) is 0. The molecule has 0 bridgehead atoms. The van der Waals surface area contributed by atoms with Crippen LogP contribution in [0.1, 0.15) is 206 Å². The highest BCUT2D eigenvalue weighted by Crippen LogP contribution is 2.28. The van der Waals surface area contributed by atoms with Crippen LogP contribution in [0.3, 0.4) is 0 Å². The molecule has 2 heteroatoms. The SMILES string of the molecule is CCCCCCCCCCCCCCCCCCCCCCCCCCCCCCC(CC)=C1OC1=O. The summed E-state index contributed by atoms with van der Waals surface area (Å²) in [6, 6.07) is 0. The van der Waals surface area contributed by atoms with Gasteiger partial charge in [-0.05, 0) is 24.8 Å². The lowest BCUT2D eigenvalue weighted by Crippen LogP contribution is -1.86. The van der Waals surface area contributed by atoms with Gasteiger partial charge in [-0.25, -0.2) is 4.79 Å². The highest BCUT2D eigenvalue weighted by Gasteiger charge is 2.33. The summed E-state index contributed by atoms with van der Waals surface area (Å²) in [5, 5.41) is 0. The van der Waals surface area contributed by atoms with Crippen LogP contribution >= 0.6 is 0 Å². The summed E-state index contributed by atoms with van der Waals surface area (Å²) in [6.07, 6.45) is 42.3. The summed E-state index contributed by atoms with van der Waals surface area (Å²) in [6.45, 7) is 4.43. The lowest BCUT2D eigenvalue weighted by Gasteiger charge is -2.05. The molecule has 0 unspecified atom stereocenters. The predicted molar refractivity (Wildman–Crippen MR) is 163 cm³/mol. The molecule has 0 amide bonds. The van der Waals surface area contributed by atoms with Crippen molar-refractivity contribution in [2.45, 2.75) is 206 Å². The molecular weight excluding hydrogens is 452 g/mol. The Kier molecular flexibility index (Phi) is 24.8. The molecule has 37 heavy (non-hydrogen) atoms. The molecule has 1 aliphatic rings. The molecule has 0 spiro atoms. The van der Waals surface area contributed by atoms with Gasteiger partial charge in [0.2, 0.25) is 5.76 Å². The van der Waals surface area contributed by atoms with E-state index in [4.69, 9.17) is 4.74 Å². The Morgan fingerprint density at radius 2 is 0.676 bits per heavy atom. The van der Waals surface area contributed by atoms with E-state index in [1.54, 1.807) is 0 Å². The van der Waals surface area contributed by atoms with E-state index in [1.165, 1.54) is 185 Å². The highest BCUT2D eigenvalue weighted by molar-refractivity contribution is 6.01. The number of ether oxygens (including phenoxy) is 1. The Morgan fingerprint density at radius 3 is 0.892 bits per heavy atom. The number of unbranched alkanes of at least 4 members (excludes halogenated alkanes) is 27. The van der Waals surface area contributed by atoms with Gasteiger partial charge in [0, 0.05) is 0 Å². The average molecular weight is 519 g/mol. The quantitative estimate of drug-likeness (QED) is 0.0537. The summed E-state index contributed by atoms with van der Waals surface area (Å²) < 4.78 is 4.92. The van der Waals surface area contributed by atoms with E-state index in [9.17, 15) is 4.79 Å². The number of carbonyl (C=O) groups is 1. The van der Waals surface area contributed by atoms with Gasteiger partial charge in [-0.15, -0.1) is 0 Å². The van der Waals surface area contributed by atoms with Gasteiger partial charge in [-0.2, -0.15) is 0 Å². The van der Waals surface area contributed by atoms with Gasteiger partial charge in [0.25, 0.3) is 0 Å². The van der Waals surface area contributed by atoms with Crippen LogP contribution in [-0.4, -0.2) is 5.97 Å². The van der Waals surface area contributed by atoms with Crippen LogP contribution in [0.2, 0.25) is 0 Å². The van der Waals surface area contributed by atoms with E-state index in [0.29, 0.717) is 5.76 Å². The third kappa shape index (κ3) is 22.9. The fourth-order valence-electron chi connectivity index (χ4n) is 5.74. The molecule has 0 aliphatic carbocycles. The van der Waals surface area contributed by atoms with Gasteiger partial charge in [0.15, 0.2) is 0 Å². The molecule has 0 atom stereocenters.